The number of aromatic amines is 1. The molecule has 14 heavy (non-hydrogen) atoms. The molecule has 1 nitrogen and oxygen atoms in total. The van der Waals surface area contributed by atoms with Crippen LogP contribution >= 0.6 is 0 Å². The van der Waals surface area contributed by atoms with Crippen molar-refractivity contribution in [2.45, 2.75) is 0 Å². The van der Waals surface area contributed by atoms with E-state index >= 15 is 0 Å². The van der Waals surface area contributed by atoms with Gasteiger partial charge in [-0.25, -0.2) is 0 Å². The summed E-state index contributed by atoms with van der Waals surface area (Å²) < 4.78 is 0. The van der Waals surface area contributed by atoms with Crippen molar-refractivity contribution in [2.75, 3.05) is 0 Å². The van der Waals surface area contributed by atoms with Crippen LogP contribution in [0.15, 0.2) is 46.4 Å². The van der Waals surface area contributed by atoms with E-state index in [1.165, 1.54) is 22.0 Å². The number of para-hydroxylation sites is 1. The van der Waals surface area contributed by atoms with E-state index < -0.39 is 0 Å². The first-order valence-corrected chi connectivity index (χ1v) is 6.51. The van der Waals surface area contributed by atoms with E-state index in [1.807, 2.05) is 0 Å². The number of aromatic nitrogens is 1. The topological polar surface area (TPSA) is 15.8 Å². The van der Waals surface area contributed by atoms with Crippen molar-refractivity contribution in [3.8, 4) is 11.1 Å². The monoisotopic (exact) mass is 247 g/mol. The standard InChI is InChI=1S/C12H9NSe/c1-2-4-12-10(3-1)11(7-13-12)9-5-6-14-8-9/h1-8,13H. The van der Waals surface area contributed by atoms with Crippen molar-refractivity contribution in [1.82, 2.24) is 4.98 Å². The Labute approximate surface area is 88.1 Å². The molecule has 0 aliphatic rings. The van der Waals surface area contributed by atoms with Crippen molar-refractivity contribution < 1.29 is 0 Å². The molecule has 0 amide bonds. The van der Waals surface area contributed by atoms with E-state index in [2.05, 4.69) is 51.4 Å². The van der Waals surface area contributed by atoms with Gasteiger partial charge < -0.3 is 0 Å². The summed E-state index contributed by atoms with van der Waals surface area (Å²) in [6.07, 6.45) is 2.10. The van der Waals surface area contributed by atoms with Crippen LogP contribution in [-0.2, 0) is 0 Å². The van der Waals surface area contributed by atoms with E-state index in [0.29, 0.717) is 14.5 Å². The Bertz CT molecular complexity index is 548. The molecule has 0 unspecified atom stereocenters. The summed E-state index contributed by atoms with van der Waals surface area (Å²) in [6, 6.07) is 10.6. The summed E-state index contributed by atoms with van der Waals surface area (Å²) in [7, 11) is 0. The normalized spacial score (nSPS) is 10.9. The van der Waals surface area contributed by atoms with Crippen molar-refractivity contribution in [3.05, 3.63) is 46.4 Å². The first-order chi connectivity index (χ1) is 6.95. The summed E-state index contributed by atoms with van der Waals surface area (Å²) in [4.78, 5) is 7.87. The number of H-pyrrole nitrogens is 1. The molecule has 0 bridgehead atoms. The molecule has 0 aliphatic carbocycles. The van der Waals surface area contributed by atoms with Gasteiger partial charge in [-0.15, -0.1) is 0 Å². The zero-order valence-corrected chi connectivity index (χ0v) is 9.24. The Hall–Kier alpha value is -1.24. The van der Waals surface area contributed by atoms with Gasteiger partial charge in [-0.2, -0.15) is 0 Å². The third kappa shape index (κ3) is 1.16. The number of fused-ring (bicyclic) bond motifs is 1. The third-order valence-electron chi connectivity index (χ3n) is 2.42. The van der Waals surface area contributed by atoms with Crippen molar-refractivity contribution in [1.29, 1.82) is 0 Å². The molecular weight excluding hydrogens is 237 g/mol. The summed E-state index contributed by atoms with van der Waals surface area (Å²) in [5.41, 5.74) is 3.91. The van der Waals surface area contributed by atoms with E-state index in [4.69, 9.17) is 0 Å². The van der Waals surface area contributed by atoms with Crippen LogP contribution < -0.4 is 0 Å². The Morgan fingerprint density at radius 3 is 2.86 bits per heavy atom. The van der Waals surface area contributed by atoms with Gasteiger partial charge in [0.15, 0.2) is 0 Å². The molecule has 0 saturated carbocycles. The summed E-state index contributed by atoms with van der Waals surface area (Å²) in [6.45, 7) is 0. The van der Waals surface area contributed by atoms with Crippen LogP contribution in [0.5, 0.6) is 0 Å². The second kappa shape index (κ2) is 3.16. The third-order valence-corrected chi connectivity index (χ3v) is 3.85. The van der Waals surface area contributed by atoms with Crippen molar-refractivity contribution in [2.24, 2.45) is 0 Å². The number of nitrogens with one attached hydrogen (secondary N) is 1. The zero-order valence-electron chi connectivity index (χ0n) is 7.53. The summed E-state index contributed by atoms with van der Waals surface area (Å²) in [5, 5.41) is 1.32. The molecule has 0 spiro atoms. The van der Waals surface area contributed by atoms with Gasteiger partial charge >= 0.3 is 87.9 Å². The van der Waals surface area contributed by atoms with Crippen LogP contribution in [0.3, 0.4) is 0 Å². The SMILES string of the molecule is c1ccc2c(-c3cc[se]c3)c[nH]c2c1. The minimum atomic E-state index is 0.563. The van der Waals surface area contributed by atoms with Gasteiger partial charge in [-0.1, -0.05) is 0 Å². The molecule has 0 aliphatic heterocycles. The quantitative estimate of drug-likeness (QED) is 0.635. The number of hydrogen-bond donors (Lipinski definition) is 1. The average molecular weight is 246 g/mol. The summed E-state index contributed by atoms with van der Waals surface area (Å²) >= 11 is 0.563. The van der Waals surface area contributed by atoms with Crippen LogP contribution in [0.2, 0.25) is 0 Å². The molecule has 0 saturated heterocycles. The van der Waals surface area contributed by atoms with E-state index in [1.54, 1.807) is 0 Å². The molecule has 3 aromatic rings. The number of rotatable bonds is 1. The van der Waals surface area contributed by atoms with E-state index in [9.17, 15) is 0 Å². The van der Waals surface area contributed by atoms with Crippen LogP contribution in [0.1, 0.15) is 0 Å². The Morgan fingerprint density at radius 1 is 1.07 bits per heavy atom. The zero-order chi connectivity index (χ0) is 9.38. The van der Waals surface area contributed by atoms with E-state index in [-0.39, 0.29) is 0 Å². The van der Waals surface area contributed by atoms with Crippen molar-refractivity contribution in [3.63, 3.8) is 0 Å². The van der Waals surface area contributed by atoms with Gasteiger partial charge in [-0.3, -0.25) is 0 Å². The average Bonchev–Trinajstić information content (AvgIpc) is 2.85. The molecule has 2 heterocycles. The van der Waals surface area contributed by atoms with Crippen LogP contribution in [-0.4, -0.2) is 19.5 Å². The predicted octanol–water partition coefficient (Wildman–Crippen LogP) is 2.89. The van der Waals surface area contributed by atoms with Gasteiger partial charge in [0, 0.05) is 0 Å². The number of hydrogen-bond acceptors (Lipinski definition) is 0. The van der Waals surface area contributed by atoms with Gasteiger partial charge in [0.1, 0.15) is 0 Å². The fourth-order valence-electron chi connectivity index (χ4n) is 1.73. The molecule has 3 rings (SSSR count). The second-order valence-corrected chi connectivity index (χ2v) is 4.90. The van der Waals surface area contributed by atoms with Crippen LogP contribution in [0.25, 0.3) is 22.0 Å². The fraction of sp³-hybridized carbons (Fsp3) is 0. The molecule has 1 aromatic carbocycles. The molecule has 0 atom stereocenters. The minimum absolute atomic E-state index is 0.563. The molecule has 68 valence electrons. The first kappa shape index (κ1) is 8.10. The Morgan fingerprint density at radius 2 is 2.00 bits per heavy atom. The maximum absolute atomic E-state index is 3.30. The van der Waals surface area contributed by atoms with Crippen LogP contribution in [0, 0.1) is 0 Å². The Balaban J connectivity index is 2.33. The van der Waals surface area contributed by atoms with Crippen molar-refractivity contribution >= 4 is 25.4 Å². The van der Waals surface area contributed by atoms with Gasteiger partial charge in [0.25, 0.3) is 0 Å². The first-order valence-electron chi connectivity index (χ1n) is 4.54. The number of benzene rings is 1. The fourth-order valence-corrected chi connectivity index (χ4v) is 3.10. The molecular formula is C12H9NSe. The Kier molecular flexibility index (Phi) is 1.83. The second-order valence-electron chi connectivity index (χ2n) is 3.26. The molecule has 0 fully saturated rings. The molecule has 1 N–H and O–H groups in total. The van der Waals surface area contributed by atoms with Gasteiger partial charge in [0.2, 0.25) is 0 Å². The van der Waals surface area contributed by atoms with E-state index in [0.717, 1.165) is 0 Å². The van der Waals surface area contributed by atoms with Gasteiger partial charge in [0.05, 0.1) is 0 Å². The molecule has 2 aromatic heterocycles. The maximum atomic E-state index is 3.30. The predicted molar refractivity (Wildman–Crippen MR) is 60.7 cm³/mol. The molecule has 0 radical (unpaired) electrons. The van der Waals surface area contributed by atoms with Crippen LogP contribution in [0.4, 0.5) is 0 Å². The summed E-state index contributed by atoms with van der Waals surface area (Å²) in [5.74, 6) is 0. The molecule has 2 heteroatoms. The van der Waals surface area contributed by atoms with Gasteiger partial charge in [-0.05, 0) is 0 Å².